The van der Waals surface area contributed by atoms with E-state index in [-0.39, 0.29) is 27.1 Å². The quantitative estimate of drug-likeness (QED) is 0.140. The lowest BCUT2D eigenvalue weighted by Gasteiger charge is -2.36. The summed E-state index contributed by atoms with van der Waals surface area (Å²) in [5.41, 5.74) is 34.3. The molecule has 524 valence electrons. The highest BCUT2D eigenvalue weighted by Gasteiger charge is 2.41. The molecule has 4 aliphatic carbocycles. The first-order valence-corrected chi connectivity index (χ1v) is 39.1. The maximum Gasteiger partial charge on any atom is 0.0468 e. The highest BCUT2D eigenvalue weighted by Crippen LogP contribution is 2.60. The summed E-state index contributed by atoms with van der Waals surface area (Å²) in [6.45, 7) is 28.5. The lowest BCUT2D eigenvalue weighted by Crippen LogP contribution is -2.23. The number of nitrogens with zero attached hydrogens (tertiary/aromatic N) is 2. The predicted octanol–water partition coefficient (Wildman–Crippen LogP) is 29.7. The van der Waals surface area contributed by atoms with Crippen LogP contribution < -0.4 is 9.80 Å². The second-order valence-corrected chi connectivity index (χ2v) is 34.8. The second kappa shape index (κ2) is 23.0. The van der Waals surface area contributed by atoms with E-state index in [4.69, 9.17) is 0 Å². The van der Waals surface area contributed by atoms with Crippen molar-refractivity contribution in [2.45, 2.75) is 110 Å². The van der Waals surface area contributed by atoms with E-state index < -0.39 is 0 Å². The molecule has 0 saturated carbocycles. The Morgan fingerprint density at radius 2 is 0.569 bits per heavy atom. The van der Waals surface area contributed by atoms with Crippen LogP contribution in [0.15, 0.2) is 303 Å². The van der Waals surface area contributed by atoms with Gasteiger partial charge in [-0.2, -0.15) is 0 Å². The highest BCUT2D eigenvalue weighted by molar-refractivity contribution is 6.28. The van der Waals surface area contributed by atoms with E-state index >= 15 is 0 Å². The summed E-state index contributed by atoms with van der Waals surface area (Å²) >= 11 is 0. The van der Waals surface area contributed by atoms with Gasteiger partial charge in [0.05, 0.1) is 0 Å². The predicted molar refractivity (Wildman–Crippen MR) is 465 cm³/mol. The van der Waals surface area contributed by atoms with Gasteiger partial charge >= 0.3 is 0 Å². The van der Waals surface area contributed by atoms with E-state index in [0.717, 1.165) is 34.1 Å². The first-order valence-electron chi connectivity index (χ1n) is 39.1. The second-order valence-electron chi connectivity index (χ2n) is 34.8. The van der Waals surface area contributed by atoms with Gasteiger partial charge in [0.2, 0.25) is 0 Å². The van der Waals surface area contributed by atoms with E-state index in [9.17, 15) is 0 Å². The van der Waals surface area contributed by atoms with E-state index in [1.165, 1.54) is 187 Å². The van der Waals surface area contributed by atoms with Gasteiger partial charge in [-0.25, -0.2) is 0 Å². The zero-order valence-corrected chi connectivity index (χ0v) is 64.3. The van der Waals surface area contributed by atoms with E-state index in [2.05, 4.69) is 396 Å². The van der Waals surface area contributed by atoms with E-state index in [0.29, 0.717) is 0 Å². The van der Waals surface area contributed by atoms with Gasteiger partial charge in [0.25, 0.3) is 0 Å². The third kappa shape index (κ3) is 9.28. The van der Waals surface area contributed by atoms with Crippen LogP contribution in [-0.4, -0.2) is 0 Å². The van der Waals surface area contributed by atoms with Crippen LogP contribution in [0.1, 0.15) is 132 Å². The summed E-state index contributed by atoms with van der Waals surface area (Å²) in [4.78, 5) is 5.09. The maximum atomic E-state index is 2.57. The molecule has 0 spiro atoms. The molecule has 2 heteroatoms. The summed E-state index contributed by atoms with van der Waals surface area (Å²) in [5, 5.41) is 15.1. The molecule has 0 aromatic heterocycles. The third-order valence-electron chi connectivity index (χ3n) is 26.2. The Labute approximate surface area is 640 Å². The third-order valence-corrected chi connectivity index (χ3v) is 26.2. The van der Waals surface area contributed by atoms with Crippen LogP contribution in [0, 0.1) is 6.92 Å². The standard InChI is InChI=1S/C107H86N2/c1-63-35-41-67(42-36-63)108(71-47-51-85-95(61-71)106(9,10)93-57-37-64-23-13-15-25-73(64)99(85)93)69-45-49-83-87(59-69)97(81-55-53-79-75-27-17-19-31-89(75)104(5,6)91-33-21-29-77(81)101(79)91)84-50-46-70(60-88(84)98(83)82-56-54-80-76-28-18-20-32-90(76)105(7,8)92-34-22-30-78(82)102(80)92)109(68-43-39-66(40-44-68)103(2,3)4)72-48-52-86-96(62-72)107(11,12)94-58-38-65-24-14-16-26-74(65)100(86)94/h13-62H,1-12H3. The normalized spacial score (nSPS) is 14.9. The first kappa shape index (κ1) is 65.2. The topological polar surface area (TPSA) is 6.48 Å². The van der Waals surface area contributed by atoms with Crippen LogP contribution in [0.2, 0.25) is 0 Å². The van der Waals surface area contributed by atoms with Crippen molar-refractivity contribution in [3.63, 3.8) is 0 Å². The molecule has 0 radical (unpaired) electrons. The number of rotatable bonds is 8. The molecule has 0 heterocycles. The van der Waals surface area contributed by atoms with E-state index in [1.54, 1.807) is 0 Å². The van der Waals surface area contributed by atoms with Crippen molar-refractivity contribution in [1.82, 2.24) is 0 Å². The molecular formula is C107H86N2. The molecule has 0 amide bonds. The Morgan fingerprint density at radius 3 is 1.02 bits per heavy atom. The maximum absolute atomic E-state index is 2.57. The van der Waals surface area contributed by atoms with Crippen molar-refractivity contribution in [1.29, 1.82) is 0 Å². The lowest BCUT2D eigenvalue weighted by molar-refractivity contribution is 0.590. The van der Waals surface area contributed by atoms with Crippen molar-refractivity contribution in [2.75, 3.05) is 9.80 Å². The Kier molecular flexibility index (Phi) is 13.7. The Hall–Kier alpha value is -12.1. The van der Waals surface area contributed by atoms with Crippen molar-refractivity contribution < 1.29 is 0 Å². The minimum Gasteiger partial charge on any atom is -0.310 e. The van der Waals surface area contributed by atoms with Gasteiger partial charge in [-0.1, -0.05) is 312 Å². The van der Waals surface area contributed by atoms with Gasteiger partial charge in [-0.05, 0) is 267 Å². The molecule has 0 unspecified atom stereocenters. The SMILES string of the molecule is Cc1ccc(N(c2ccc3c(c2)C(C)(C)c2ccc4ccccc4c2-3)c2ccc3c(-c4ccc5c6c(cccc46)C(C)(C)c4ccccc4-5)c4cc(N(c5ccc(C(C)(C)C)cc5)c5ccc6c(c5)C(C)(C)c5ccc7ccccc7c5-6)ccc4c(-c4ccc5c6c(cccc46)C(C)(C)c4ccccc4-5)c3c2)cc1. The molecule has 0 aliphatic heterocycles. The number of hydrogen-bond donors (Lipinski definition) is 0. The molecule has 0 N–H and O–H groups in total. The Morgan fingerprint density at radius 1 is 0.220 bits per heavy atom. The fourth-order valence-electron chi connectivity index (χ4n) is 20.6. The smallest absolute Gasteiger partial charge is 0.0468 e. The lowest BCUT2D eigenvalue weighted by atomic mass is 9.67. The summed E-state index contributed by atoms with van der Waals surface area (Å²) in [6, 6.07) is 118. The first-order chi connectivity index (χ1) is 52.6. The molecule has 0 atom stereocenters. The van der Waals surface area contributed by atoms with Crippen LogP contribution >= 0.6 is 0 Å². The zero-order valence-electron chi connectivity index (χ0n) is 64.3. The molecule has 0 bridgehead atoms. The van der Waals surface area contributed by atoms with Crippen molar-refractivity contribution in [3.8, 4) is 66.8 Å². The molecule has 21 rings (SSSR count). The van der Waals surface area contributed by atoms with Gasteiger partial charge in [0, 0.05) is 55.8 Å². The van der Waals surface area contributed by atoms with Gasteiger partial charge in [-0.3, -0.25) is 0 Å². The largest absolute Gasteiger partial charge is 0.310 e. The molecule has 17 aromatic rings. The molecule has 2 nitrogen and oxygen atoms in total. The van der Waals surface area contributed by atoms with Crippen LogP contribution in [0.5, 0.6) is 0 Å². The molecular weight excluding hydrogens is 1310 g/mol. The van der Waals surface area contributed by atoms with Gasteiger partial charge in [-0.15, -0.1) is 0 Å². The number of benzene rings is 17. The fourth-order valence-corrected chi connectivity index (χ4v) is 20.6. The molecule has 4 aliphatic rings. The Balaban J connectivity index is 0.885. The van der Waals surface area contributed by atoms with Crippen LogP contribution in [0.25, 0.3) is 131 Å². The van der Waals surface area contributed by atoms with Crippen molar-refractivity contribution in [2.24, 2.45) is 0 Å². The fraction of sp³-hybridized carbons (Fsp3) is 0.159. The monoisotopic (exact) mass is 1400 g/mol. The number of hydrogen-bond acceptors (Lipinski definition) is 2. The van der Waals surface area contributed by atoms with Gasteiger partial charge in [0.15, 0.2) is 0 Å². The Bertz CT molecular complexity index is 6820. The summed E-state index contributed by atoms with van der Waals surface area (Å²) in [7, 11) is 0. The number of fused-ring (bicyclic) bond motifs is 16. The molecule has 0 saturated heterocycles. The summed E-state index contributed by atoms with van der Waals surface area (Å²) in [5.74, 6) is 0. The summed E-state index contributed by atoms with van der Waals surface area (Å²) < 4.78 is 0. The van der Waals surface area contributed by atoms with Crippen LogP contribution in [-0.2, 0) is 27.1 Å². The van der Waals surface area contributed by atoms with E-state index in [1.807, 2.05) is 0 Å². The highest BCUT2D eigenvalue weighted by atomic mass is 15.1. The summed E-state index contributed by atoms with van der Waals surface area (Å²) in [6.07, 6.45) is 0. The number of aryl methyl sites for hydroxylation is 1. The average molecular weight is 1400 g/mol. The molecule has 109 heavy (non-hydrogen) atoms. The zero-order chi connectivity index (χ0) is 74.1. The minimum absolute atomic E-state index is 0.0426. The van der Waals surface area contributed by atoms with Crippen molar-refractivity contribution >= 4 is 98.8 Å². The van der Waals surface area contributed by atoms with Crippen LogP contribution in [0.3, 0.4) is 0 Å². The molecule has 17 aromatic carbocycles. The average Bonchev–Trinajstić information content (AvgIpc) is 1.52. The van der Waals surface area contributed by atoms with Gasteiger partial charge < -0.3 is 9.80 Å². The van der Waals surface area contributed by atoms with Crippen molar-refractivity contribution in [3.05, 3.63) is 359 Å². The molecule has 0 fully saturated rings. The van der Waals surface area contributed by atoms with Gasteiger partial charge in [0.1, 0.15) is 0 Å². The minimum atomic E-state index is -0.261. The van der Waals surface area contributed by atoms with Crippen LogP contribution in [0.4, 0.5) is 34.1 Å². The number of anilines is 6.